The maximum Gasteiger partial charge on any atom is 0.251 e. The van der Waals surface area contributed by atoms with Crippen LogP contribution in [-0.2, 0) is 6.42 Å². The molecule has 0 amide bonds. The fourth-order valence-electron chi connectivity index (χ4n) is 2.10. The molecule has 2 N–H and O–H groups in total. The van der Waals surface area contributed by atoms with E-state index in [9.17, 15) is 4.79 Å². The minimum absolute atomic E-state index is 0.103. The Bertz CT molecular complexity index is 408. The zero-order chi connectivity index (χ0) is 13.2. The molecule has 0 bridgehead atoms. The average Bonchev–Trinajstić information content (AvgIpc) is 2.31. The van der Waals surface area contributed by atoms with Crippen LogP contribution in [0.3, 0.4) is 0 Å². The topological polar surface area (TPSA) is 48.6 Å². The van der Waals surface area contributed by atoms with Crippen molar-refractivity contribution in [1.82, 2.24) is 9.97 Å². The van der Waals surface area contributed by atoms with E-state index in [4.69, 9.17) is 12.2 Å². The van der Waals surface area contributed by atoms with E-state index in [0.29, 0.717) is 4.77 Å². The molecule has 1 rings (SSSR count). The third-order valence-corrected chi connectivity index (χ3v) is 3.32. The minimum atomic E-state index is -0.103. The molecule has 18 heavy (non-hydrogen) atoms. The Labute approximate surface area is 114 Å². The smallest absolute Gasteiger partial charge is 0.251 e. The monoisotopic (exact) mass is 268 g/mol. The van der Waals surface area contributed by atoms with Gasteiger partial charge in [-0.05, 0) is 25.1 Å². The number of nitrogens with one attached hydrogen (secondary N) is 2. The molecule has 1 aromatic rings. The highest BCUT2D eigenvalue weighted by Crippen LogP contribution is 2.09. The fraction of sp³-hybridized carbons (Fsp3) is 0.714. The molecule has 0 spiro atoms. The van der Waals surface area contributed by atoms with Gasteiger partial charge in [-0.25, -0.2) is 0 Å². The Morgan fingerprint density at radius 1 is 1.00 bits per heavy atom. The highest BCUT2D eigenvalue weighted by Gasteiger charge is 1.96. The van der Waals surface area contributed by atoms with Gasteiger partial charge in [0.15, 0.2) is 4.77 Å². The molecule has 0 unspecified atom stereocenters. The molecule has 0 saturated carbocycles. The van der Waals surface area contributed by atoms with Crippen LogP contribution in [0.4, 0.5) is 0 Å². The zero-order valence-electron chi connectivity index (χ0n) is 11.3. The molecule has 4 heteroatoms. The lowest BCUT2D eigenvalue weighted by molar-refractivity contribution is 0.573. The summed E-state index contributed by atoms with van der Waals surface area (Å²) in [6.45, 7) is 2.24. The van der Waals surface area contributed by atoms with Crippen molar-refractivity contribution in [2.45, 2.75) is 64.7 Å². The van der Waals surface area contributed by atoms with E-state index in [1.807, 2.05) is 0 Å². The maximum atomic E-state index is 11.2. The molecule has 0 atom stereocenters. The van der Waals surface area contributed by atoms with Crippen LogP contribution in [0.1, 0.15) is 64.0 Å². The molecule has 0 aromatic carbocycles. The second kappa shape index (κ2) is 9.09. The molecule has 1 heterocycles. The van der Waals surface area contributed by atoms with Crippen molar-refractivity contribution in [3.63, 3.8) is 0 Å². The summed E-state index contributed by atoms with van der Waals surface area (Å²) in [4.78, 5) is 16.8. The summed E-state index contributed by atoms with van der Waals surface area (Å²) in [5, 5.41) is 0. The molecule has 1 aromatic heterocycles. The number of unbranched alkanes of at least 4 members (excludes halogenated alkanes) is 7. The predicted molar refractivity (Wildman–Crippen MR) is 78.6 cm³/mol. The standard InChI is InChI=1S/C14H24N2OS/c1-2-3-4-5-6-7-8-9-10-12-11-13(17)16-14(18)15-12/h11H,2-10H2,1H3,(H2,15,16,17,18). The summed E-state index contributed by atoms with van der Waals surface area (Å²) >= 11 is 4.94. The van der Waals surface area contributed by atoms with Crippen molar-refractivity contribution >= 4 is 12.2 Å². The summed E-state index contributed by atoms with van der Waals surface area (Å²) in [5.41, 5.74) is 0.850. The summed E-state index contributed by atoms with van der Waals surface area (Å²) < 4.78 is 0.428. The molecule has 0 fully saturated rings. The van der Waals surface area contributed by atoms with Crippen LogP contribution in [0.5, 0.6) is 0 Å². The van der Waals surface area contributed by atoms with Crippen LogP contribution in [0, 0.1) is 4.77 Å². The highest BCUT2D eigenvalue weighted by atomic mass is 32.1. The molecular weight excluding hydrogens is 244 g/mol. The zero-order valence-corrected chi connectivity index (χ0v) is 12.1. The van der Waals surface area contributed by atoms with Gasteiger partial charge < -0.3 is 4.98 Å². The van der Waals surface area contributed by atoms with Gasteiger partial charge in [0, 0.05) is 11.8 Å². The van der Waals surface area contributed by atoms with E-state index in [0.717, 1.165) is 18.5 Å². The summed E-state index contributed by atoms with van der Waals surface area (Å²) in [6.07, 6.45) is 11.3. The van der Waals surface area contributed by atoms with Crippen LogP contribution in [0.15, 0.2) is 10.9 Å². The molecule has 0 aliphatic heterocycles. The molecule has 0 aliphatic carbocycles. The second-order valence-electron chi connectivity index (χ2n) is 4.84. The van der Waals surface area contributed by atoms with Crippen molar-refractivity contribution in [2.75, 3.05) is 0 Å². The van der Waals surface area contributed by atoms with E-state index in [1.165, 1.54) is 44.9 Å². The highest BCUT2D eigenvalue weighted by molar-refractivity contribution is 7.71. The first kappa shape index (κ1) is 15.2. The number of aryl methyl sites for hydroxylation is 1. The first-order valence-electron chi connectivity index (χ1n) is 7.05. The lowest BCUT2D eigenvalue weighted by Crippen LogP contribution is -2.08. The van der Waals surface area contributed by atoms with Crippen LogP contribution >= 0.6 is 12.2 Å². The molecule has 102 valence electrons. The van der Waals surface area contributed by atoms with Gasteiger partial charge >= 0.3 is 0 Å². The van der Waals surface area contributed by atoms with Crippen LogP contribution in [0.25, 0.3) is 0 Å². The van der Waals surface area contributed by atoms with Crippen molar-refractivity contribution < 1.29 is 0 Å². The number of hydrogen-bond donors (Lipinski definition) is 2. The van der Waals surface area contributed by atoms with Crippen molar-refractivity contribution in [1.29, 1.82) is 0 Å². The number of hydrogen-bond acceptors (Lipinski definition) is 2. The predicted octanol–water partition coefficient (Wildman–Crippen LogP) is 4.12. The maximum absolute atomic E-state index is 11.2. The van der Waals surface area contributed by atoms with E-state index < -0.39 is 0 Å². The Morgan fingerprint density at radius 3 is 2.22 bits per heavy atom. The SMILES string of the molecule is CCCCCCCCCCc1cc(=O)[nH]c(=S)[nH]1. The summed E-state index contributed by atoms with van der Waals surface area (Å²) in [5.74, 6) is 0. The quantitative estimate of drug-likeness (QED) is 0.523. The molecule has 0 radical (unpaired) electrons. The van der Waals surface area contributed by atoms with Gasteiger partial charge in [0.2, 0.25) is 0 Å². The molecule has 3 nitrogen and oxygen atoms in total. The molecule has 0 aliphatic rings. The van der Waals surface area contributed by atoms with Gasteiger partial charge in [-0.3, -0.25) is 9.78 Å². The molecule has 0 saturated heterocycles. The van der Waals surface area contributed by atoms with Gasteiger partial charge in [0.1, 0.15) is 0 Å². The Morgan fingerprint density at radius 2 is 1.61 bits per heavy atom. The van der Waals surface area contributed by atoms with Crippen molar-refractivity contribution in [3.8, 4) is 0 Å². The summed E-state index contributed by atoms with van der Waals surface area (Å²) in [6, 6.07) is 1.61. The first-order chi connectivity index (χ1) is 8.72. The fourth-order valence-corrected chi connectivity index (χ4v) is 2.34. The van der Waals surface area contributed by atoms with Gasteiger partial charge in [-0.2, -0.15) is 0 Å². The third-order valence-electron chi connectivity index (χ3n) is 3.12. The Hall–Kier alpha value is -0.900. The summed E-state index contributed by atoms with van der Waals surface area (Å²) in [7, 11) is 0. The number of aromatic nitrogens is 2. The normalized spacial score (nSPS) is 10.7. The molecular formula is C14H24N2OS. The van der Waals surface area contributed by atoms with E-state index in [2.05, 4.69) is 16.9 Å². The van der Waals surface area contributed by atoms with E-state index in [-0.39, 0.29) is 5.56 Å². The van der Waals surface area contributed by atoms with E-state index >= 15 is 0 Å². The van der Waals surface area contributed by atoms with Crippen molar-refractivity contribution in [3.05, 3.63) is 26.9 Å². The first-order valence-corrected chi connectivity index (χ1v) is 7.45. The Kier molecular flexibility index (Phi) is 7.65. The van der Waals surface area contributed by atoms with Crippen molar-refractivity contribution in [2.24, 2.45) is 0 Å². The van der Waals surface area contributed by atoms with Gasteiger partial charge in [-0.1, -0.05) is 51.9 Å². The lowest BCUT2D eigenvalue weighted by atomic mass is 10.1. The second-order valence-corrected chi connectivity index (χ2v) is 5.25. The van der Waals surface area contributed by atoms with Gasteiger partial charge in [0.05, 0.1) is 0 Å². The Balaban J connectivity index is 2.10. The lowest BCUT2D eigenvalue weighted by Gasteiger charge is -2.02. The van der Waals surface area contributed by atoms with Crippen LogP contribution < -0.4 is 5.56 Å². The number of rotatable bonds is 9. The van der Waals surface area contributed by atoms with Gasteiger partial charge in [0.25, 0.3) is 5.56 Å². The minimum Gasteiger partial charge on any atom is -0.336 e. The van der Waals surface area contributed by atoms with E-state index in [1.54, 1.807) is 6.07 Å². The number of aromatic amines is 2. The van der Waals surface area contributed by atoms with Gasteiger partial charge in [-0.15, -0.1) is 0 Å². The average molecular weight is 268 g/mol. The number of H-pyrrole nitrogens is 2. The van der Waals surface area contributed by atoms with Crippen LogP contribution in [-0.4, -0.2) is 9.97 Å². The largest absolute Gasteiger partial charge is 0.336 e. The van der Waals surface area contributed by atoms with Crippen LogP contribution in [0.2, 0.25) is 0 Å². The third kappa shape index (κ3) is 6.74.